The minimum atomic E-state index is 0.393. The number of H-pyrrole nitrogens is 1. The van der Waals surface area contributed by atoms with Crippen molar-refractivity contribution < 1.29 is 0 Å². The Labute approximate surface area is 166 Å². The molecule has 0 aliphatic heterocycles. The summed E-state index contributed by atoms with van der Waals surface area (Å²) in [6, 6.07) is 16.0. The summed E-state index contributed by atoms with van der Waals surface area (Å²) in [5.74, 6) is 0.648. The summed E-state index contributed by atoms with van der Waals surface area (Å²) >= 11 is 11.7. The minimum absolute atomic E-state index is 0.393. The second-order valence-corrected chi connectivity index (χ2v) is 7.03. The molecule has 2 aromatic carbocycles. The summed E-state index contributed by atoms with van der Waals surface area (Å²) in [4.78, 5) is 4.47. The van der Waals surface area contributed by atoms with Crippen molar-refractivity contribution in [1.82, 2.24) is 19.9 Å². The number of halogens is 1. The Morgan fingerprint density at radius 2 is 1.96 bits per heavy atom. The van der Waals surface area contributed by atoms with E-state index in [-0.39, 0.29) is 0 Å². The topological polar surface area (TPSA) is 58.9 Å². The zero-order valence-corrected chi connectivity index (χ0v) is 16.3. The molecule has 27 heavy (non-hydrogen) atoms. The second-order valence-electron chi connectivity index (χ2n) is 6.29. The maximum absolute atomic E-state index is 6.36. The number of benzene rings is 2. The van der Waals surface area contributed by atoms with Gasteiger partial charge in [-0.05, 0) is 49.3 Å². The molecule has 0 saturated carbocycles. The Morgan fingerprint density at radius 3 is 2.78 bits per heavy atom. The van der Waals surface area contributed by atoms with Gasteiger partial charge in [0.1, 0.15) is 5.15 Å². The molecule has 5 nitrogen and oxygen atoms in total. The Hall–Kier alpha value is -2.83. The lowest BCUT2D eigenvalue weighted by Crippen LogP contribution is -1.97. The number of aromatic amines is 1. The molecule has 0 aliphatic rings. The average molecular weight is 394 g/mol. The van der Waals surface area contributed by atoms with E-state index in [0.717, 1.165) is 27.6 Å². The normalized spacial score (nSPS) is 11.5. The zero-order valence-electron chi connectivity index (χ0n) is 14.8. The van der Waals surface area contributed by atoms with Gasteiger partial charge in [0, 0.05) is 16.5 Å². The number of nitrogens with one attached hydrogen (secondary N) is 1. The van der Waals surface area contributed by atoms with Crippen LogP contribution in [0.3, 0.4) is 0 Å². The van der Waals surface area contributed by atoms with Crippen LogP contribution in [0.15, 0.2) is 53.6 Å². The predicted molar refractivity (Wildman–Crippen MR) is 112 cm³/mol. The molecule has 0 spiro atoms. The van der Waals surface area contributed by atoms with Crippen molar-refractivity contribution in [3.63, 3.8) is 0 Å². The number of rotatable bonds is 3. The van der Waals surface area contributed by atoms with Gasteiger partial charge in [0.25, 0.3) is 0 Å². The highest BCUT2D eigenvalue weighted by Crippen LogP contribution is 2.23. The third kappa shape index (κ3) is 3.41. The molecule has 0 unspecified atom stereocenters. The summed E-state index contributed by atoms with van der Waals surface area (Å²) in [5, 5.41) is 13.0. The van der Waals surface area contributed by atoms with E-state index in [0.29, 0.717) is 21.3 Å². The summed E-state index contributed by atoms with van der Waals surface area (Å²) in [5.41, 5.74) is 4.76. The molecule has 4 rings (SSSR count). The first kappa shape index (κ1) is 17.6. The molecule has 0 saturated heterocycles. The molecule has 0 radical (unpaired) electrons. The monoisotopic (exact) mass is 393 g/mol. The van der Waals surface area contributed by atoms with Crippen LogP contribution in [0.25, 0.3) is 22.3 Å². The molecule has 2 heterocycles. The van der Waals surface area contributed by atoms with Crippen LogP contribution < -0.4 is 0 Å². The Balaban J connectivity index is 1.78. The van der Waals surface area contributed by atoms with E-state index in [2.05, 4.69) is 20.3 Å². The molecule has 0 bridgehead atoms. The lowest BCUT2D eigenvalue weighted by molar-refractivity contribution is 0.870. The summed E-state index contributed by atoms with van der Waals surface area (Å²) in [7, 11) is 0. The molecule has 134 valence electrons. The molecule has 0 fully saturated rings. The number of aromatic nitrogens is 4. The lowest BCUT2D eigenvalue weighted by atomic mass is 10.1. The number of hydrogen-bond acceptors (Lipinski definition) is 4. The van der Waals surface area contributed by atoms with Crippen LogP contribution in [-0.2, 0) is 0 Å². The fourth-order valence-corrected chi connectivity index (χ4v) is 3.25. The Morgan fingerprint density at radius 1 is 1.15 bits per heavy atom. The molecule has 0 aliphatic carbocycles. The first-order chi connectivity index (χ1) is 13.0. The van der Waals surface area contributed by atoms with Crippen LogP contribution >= 0.6 is 23.8 Å². The predicted octanol–water partition coefficient (Wildman–Crippen LogP) is 5.31. The standard InChI is InChI=1S/C20H16ClN5S/c1-12-7-8-14-10-15(18(21)23-17(14)9-12)11-22-26-19(24-25-20(26)27)16-6-4-3-5-13(16)2/h3-11H,1-2H3,(H,25,27)/b22-11+. The van der Waals surface area contributed by atoms with Crippen molar-refractivity contribution in [1.29, 1.82) is 0 Å². The van der Waals surface area contributed by atoms with E-state index in [1.165, 1.54) is 0 Å². The molecular weight excluding hydrogens is 378 g/mol. The Kier molecular flexibility index (Phi) is 4.59. The van der Waals surface area contributed by atoms with Gasteiger partial charge in [0.15, 0.2) is 5.82 Å². The molecule has 1 N–H and O–H groups in total. The largest absolute Gasteiger partial charge is 0.250 e. The van der Waals surface area contributed by atoms with Crippen LogP contribution in [0.1, 0.15) is 16.7 Å². The highest BCUT2D eigenvalue weighted by molar-refractivity contribution is 7.71. The van der Waals surface area contributed by atoms with E-state index in [1.54, 1.807) is 10.9 Å². The van der Waals surface area contributed by atoms with Gasteiger partial charge in [-0.25, -0.2) is 10.1 Å². The van der Waals surface area contributed by atoms with E-state index < -0.39 is 0 Å². The van der Waals surface area contributed by atoms with Crippen molar-refractivity contribution in [2.45, 2.75) is 13.8 Å². The quantitative estimate of drug-likeness (QED) is 0.291. The van der Waals surface area contributed by atoms with Gasteiger partial charge in [-0.3, -0.25) is 0 Å². The van der Waals surface area contributed by atoms with Gasteiger partial charge in [-0.15, -0.1) is 0 Å². The Bertz CT molecular complexity index is 1240. The van der Waals surface area contributed by atoms with Crippen LogP contribution in [0.5, 0.6) is 0 Å². The maximum Gasteiger partial charge on any atom is 0.216 e. The second kappa shape index (κ2) is 7.06. The third-order valence-electron chi connectivity index (χ3n) is 4.30. The molecule has 0 amide bonds. The highest BCUT2D eigenvalue weighted by Gasteiger charge is 2.10. The number of hydrogen-bond donors (Lipinski definition) is 1. The smallest absolute Gasteiger partial charge is 0.216 e. The fraction of sp³-hybridized carbons (Fsp3) is 0.100. The van der Waals surface area contributed by atoms with Crippen LogP contribution in [0.4, 0.5) is 0 Å². The van der Waals surface area contributed by atoms with E-state index in [9.17, 15) is 0 Å². The maximum atomic E-state index is 6.36. The number of nitrogens with zero attached hydrogens (tertiary/aromatic N) is 4. The van der Waals surface area contributed by atoms with Crippen LogP contribution in [-0.4, -0.2) is 26.1 Å². The number of fused-ring (bicyclic) bond motifs is 1. The van der Waals surface area contributed by atoms with Gasteiger partial charge < -0.3 is 0 Å². The van der Waals surface area contributed by atoms with E-state index >= 15 is 0 Å². The molecular formula is C20H16ClN5S. The molecule has 0 atom stereocenters. The number of pyridine rings is 1. The van der Waals surface area contributed by atoms with E-state index in [1.807, 2.05) is 62.4 Å². The van der Waals surface area contributed by atoms with Crippen molar-refractivity contribution in [3.05, 3.63) is 75.1 Å². The third-order valence-corrected chi connectivity index (χ3v) is 4.87. The van der Waals surface area contributed by atoms with Gasteiger partial charge in [-0.1, -0.05) is 48.0 Å². The minimum Gasteiger partial charge on any atom is -0.250 e. The average Bonchev–Trinajstić information content (AvgIpc) is 3.01. The van der Waals surface area contributed by atoms with Gasteiger partial charge >= 0.3 is 0 Å². The van der Waals surface area contributed by atoms with Crippen molar-refractivity contribution >= 4 is 40.9 Å². The zero-order chi connectivity index (χ0) is 19.0. The molecule has 4 aromatic rings. The summed E-state index contributed by atoms with van der Waals surface area (Å²) in [6.45, 7) is 4.05. The molecule has 2 aromatic heterocycles. The van der Waals surface area contributed by atoms with E-state index in [4.69, 9.17) is 23.8 Å². The first-order valence-electron chi connectivity index (χ1n) is 8.37. The van der Waals surface area contributed by atoms with Crippen LogP contribution in [0.2, 0.25) is 5.15 Å². The summed E-state index contributed by atoms with van der Waals surface area (Å²) in [6.07, 6.45) is 1.65. The summed E-state index contributed by atoms with van der Waals surface area (Å²) < 4.78 is 2.00. The van der Waals surface area contributed by atoms with Gasteiger partial charge in [-0.2, -0.15) is 14.9 Å². The van der Waals surface area contributed by atoms with Gasteiger partial charge in [0.05, 0.1) is 11.7 Å². The SMILES string of the molecule is Cc1ccc2cc(/C=N/n3c(-c4ccccc4C)n[nH]c3=S)c(Cl)nc2c1. The fourth-order valence-electron chi connectivity index (χ4n) is 2.88. The lowest BCUT2D eigenvalue weighted by Gasteiger charge is -2.05. The van der Waals surface area contributed by atoms with Gasteiger partial charge in [0.2, 0.25) is 4.77 Å². The molecule has 7 heteroatoms. The highest BCUT2D eigenvalue weighted by atomic mass is 35.5. The number of aryl methyl sites for hydroxylation is 2. The van der Waals surface area contributed by atoms with Crippen molar-refractivity contribution in [3.8, 4) is 11.4 Å². The van der Waals surface area contributed by atoms with Crippen molar-refractivity contribution in [2.24, 2.45) is 5.10 Å². The van der Waals surface area contributed by atoms with Crippen molar-refractivity contribution in [2.75, 3.05) is 0 Å². The van der Waals surface area contributed by atoms with Crippen LogP contribution in [0, 0.1) is 18.6 Å². The first-order valence-corrected chi connectivity index (χ1v) is 9.16.